The average molecular weight is 187 g/mol. The molecule has 1 unspecified atom stereocenters. The summed E-state index contributed by atoms with van der Waals surface area (Å²) < 4.78 is 0. The highest BCUT2D eigenvalue weighted by atomic mass is 28.2. The van der Waals surface area contributed by atoms with Gasteiger partial charge >= 0.3 is 0 Å². The van der Waals surface area contributed by atoms with Crippen LogP contribution in [0.1, 0.15) is 34.6 Å². The van der Waals surface area contributed by atoms with Crippen LogP contribution in [0.15, 0.2) is 0 Å². The summed E-state index contributed by atoms with van der Waals surface area (Å²) in [6, 6.07) is 0. The predicted octanol–water partition coefficient (Wildman–Crippen LogP) is 2.13. The van der Waals surface area contributed by atoms with Crippen molar-refractivity contribution in [1.82, 2.24) is 4.90 Å². The van der Waals surface area contributed by atoms with Gasteiger partial charge in [0.2, 0.25) is 0 Å². The van der Waals surface area contributed by atoms with E-state index in [0.717, 1.165) is 11.1 Å². The SMILES string of the molecule is CCN(CC)CC(C)[SiH2]C(C)C. The first-order valence-corrected chi connectivity index (χ1v) is 6.95. The number of hydrogen-bond acceptors (Lipinski definition) is 1. The van der Waals surface area contributed by atoms with Gasteiger partial charge in [-0.15, -0.1) is 0 Å². The molecule has 2 heteroatoms. The van der Waals surface area contributed by atoms with Gasteiger partial charge in [0.1, 0.15) is 0 Å². The van der Waals surface area contributed by atoms with E-state index in [1.165, 1.54) is 19.6 Å². The zero-order valence-electron chi connectivity index (χ0n) is 9.43. The maximum Gasteiger partial charge on any atom is 0.0270 e. The molecule has 0 aromatic carbocycles. The molecular formula is C10H25NSi. The van der Waals surface area contributed by atoms with Crippen molar-refractivity contribution in [3.63, 3.8) is 0 Å². The fourth-order valence-electron chi connectivity index (χ4n) is 1.80. The Balaban J connectivity index is 3.58. The van der Waals surface area contributed by atoms with Gasteiger partial charge in [0.25, 0.3) is 0 Å². The van der Waals surface area contributed by atoms with Crippen molar-refractivity contribution in [3.8, 4) is 0 Å². The summed E-state index contributed by atoms with van der Waals surface area (Å²) in [5.41, 5.74) is 1.97. The van der Waals surface area contributed by atoms with Crippen molar-refractivity contribution in [3.05, 3.63) is 0 Å². The Morgan fingerprint density at radius 1 is 1.08 bits per heavy atom. The van der Waals surface area contributed by atoms with Crippen LogP contribution in [-0.4, -0.2) is 34.1 Å². The second-order valence-corrected chi connectivity index (χ2v) is 7.72. The van der Waals surface area contributed by atoms with Gasteiger partial charge in [0.05, 0.1) is 0 Å². The lowest BCUT2D eigenvalue weighted by molar-refractivity contribution is 0.304. The number of rotatable bonds is 6. The molecule has 0 heterocycles. The number of nitrogens with zero attached hydrogens (tertiary/aromatic N) is 1. The zero-order chi connectivity index (χ0) is 9.56. The maximum atomic E-state index is 2.54. The van der Waals surface area contributed by atoms with Crippen LogP contribution in [0.5, 0.6) is 0 Å². The Labute approximate surface area is 80.4 Å². The van der Waals surface area contributed by atoms with Crippen molar-refractivity contribution < 1.29 is 0 Å². The molecule has 0 aliphatic heterocycles. The first kappa shape index (κ1) is 12.2. The third-order valence-corrected chi connectivity index (χ3v) is 4.34. The Morgan fingerprint density at radius 3 is 1.92 bits per heavy atom. The number of hydrogen-bond donors (Lipinski definition) is 0. The van der Waals surface area contributed by atoms with Gasteiger partial charge in [0.15, 0.2) is 0 Å². The van der Waals surface area contributed by atoms with Crippen LogP contribution in [0.4, 0.5) is 0 Å². The largest absolute Gasteiger partial charge is 0.304 e. The molecule has 0 aromatic heterocycles. The van der Waals surface area contributed by atoms with Crippen LogP contribution in [0.25, 0.3) is 0 Å². The molecule has 0 N–H and O–H groups in total. The Bertz CT molecular complexity index is 100. The molecule has 1 nitrogen and oxygen atoms in total. The smallest absolute Gasteiger partial charge is 0.0270 e. The molecule has 0 amide bonds. The summed E-state index contributed by atoms with van der Waals surface area (Å²) >= 11 is 0. The molecule has 0 aliphatic rings. The second-order valence-electron chi connectivity index (χ2n) is 4.22. The third-order valence-electron chi connectivity index (χ3n) is 2.34. The molecule has 12 heavy (non-hydrogen) atoms. The summed E-state index contributed by atoms with van der Waals surface area (Å²) in [6.45, 7) is 15.4. The monoisotopic (exact) mass is 187 g/mol. The van der Waals surface area contributed by atoms with Crippen LogP contribution in [-0.2, 0) is 0 Å². The van der Waals surface area contributed by atoms with Gasteiger partial charge in [-0.05, 0) is 25.2 Å². The fraction of sp³-hybridized carbons (Fsp3) is 1.00. The minimum atomic E-state index is 0.167. The molecule has 0 rings (SSSR count). The standard InChI is InChI=1S/C10H25NSi/c1-6-11(7-2)8-10(5)12-9(3)4/h9-10H,6-8,12H2,1-5H3. The molecule has 0 spiro atoms. The van der Waals surface area contributed by atoms with E-state index < -0.39 is 0 Å². The molecule has 0 radical (unpaired) electrons. The van der Waals surface area contributed by atoms with Gasteiger partial charge in [-0.25, -0.2) is 0 Å². The summed E-state index contributed by atoms with van der Waals surface area (Å²) in [5, 5.41) is 0. The molecule has 74 valence electrons. The molecule has 0 fully saturated rings. The molecule has 0 aromatic rings. The van der Waals surface area contributed by atoms with Gasteiger partial charge in [-0.1, -0.05) is 40.2 Å². The highest BCUT2D eigenvalue weighted by Crippen LogP contribution is 2.12. The fourth-order valence-corrected chi connectivity index (χ4v) is 3.93. The topological polar surface area (TPSA) is 3.24 Å². The summed E-state index contributed by atoms with van der Waals surface area (Å²) in [7, 11) is 0.167. The van der Waals surface area contributed by atoms with Crippen molar-refractivity contribution >= 4 is 9.52 Å². The van der Waals surface area contributed by atoms with Crippen LogP contribution in [0, 0.1) is 0 Å². The zero-order valence-corrected chi connectivity index (χ0v) is 10.8. The molecule has 0 saturated carbocycles. The van der Waals surface area contributed by atoms with Crippen molar-refractivity contribution in [2.75, 3.05) is 19.6 Å². The normalized spacial score (nSPS) is 15.2. The molecular weight excluding hydrogens is 162 g/mol. The molecule has 0 saturated heterocycles. The summed E-state index contributed by atoms with van der Waals surface area (Å²) in [4.78, 5) is 2.54. The van der Waals surface area contributed by atoms with Crippen molar-refractivity contribution in [1.29, 1.82) is 0 Å². The maximum absolute atomic E-state index is 2.54. The van der Waals surface area contributed by atoms with E-state index in [1.807, 2.05) is 0 Å². The molecule has 0 aliphatic carbocycles. The summed E-state index contributed by atoms with van der Waals surface area (Å²) in [5.74, 6) is 0. The van der Waals surface area contributed by atoms with Crippen molar-refractivity contribution in [2.45, 2.75) is 45.7 Å². The lowest BCUT2D eigenvalue weighted by Gasteiger charge is -2.23. The Hall–Kier alpha value is 0.177. The highest BCUT2D eigenvalue weighted by molar-refractivity contribution is 6.39. The van der Waals surface area contributed by atoms with Gasteiger partial charge in [-0.3, -0.25) is 0 Å². The van der Waals surface area contributed by atoms with Crippen LogP contribution in [0.3, 0.4) is 0 Å². The minimum absolute atomic E-state index is 0.167. The van der Waals surface area contributed by atoms with E-state index in [1.54, 1.807) is 0 Å². The second kappa shape index (κ2) is 6.67. The average Bonchev–Trinajstić information content (AvgIpc) is 1.98. The lowest BCUT2D eigenvalue weighted by atomic mass is 10.4. The first-order chi connectivity index (χ1) is 5.60. The van der Waals surface area contributed by atoms with E-state index in [4.69, 9.17) is 0 Å². The Morgan fingerprint density at radius 2 is 1.58 bits per heavy atom. The lowest BCUT2D eigenvalue weighted by Crippen LogP contribution is -2.28. The van der Waals surface area contributed by atoms with Gasteiger partial charge in [0, 0.05) is 9.52 Å². The van der Waals surface area contributed by atoms with Crippen LogP contribution < -0.4 is 0 Å². The molecule has 1 atom stereocenters. The summed E-state index contributed by atoms with van der Waals surface area (Å²) in [6.07, 6.45) is 0. The van der Waals surface area contributed by atoms with E-state index >= 15 is 0 Å². The predicted molar refractivity (Wildman–Crippen MR) is 60.9 cm³/mol. The van der Waals surface area contributed by atoms with Crippen molar-refractivity contribution in [2.24, 2.45) is 0 Å². The van der Waals surface area contributed by atoms with E-state index in [0.29, 0.717) is 0 Å². The van der Waals surface area contributed by atoms with E-state index in [-0.39, 0.29) is 9.52 Å². The van der Waals surface area contributed by atoms with Crippen LogP contribution in [0.2, 0.25) is 11.1 Å². The van der Waals surface area contributed by atoms with Gasteiger partial charge in [-0.2, -0.15) is 0 Å². The minimum Gasteiger partial charge on any atom is -0.304 e. The van der Waals surface area contributed by atoms with Crippen LogP contribution >= 0.6 is 0 Å². The first-order valence-electron chi connectivity index (χ1n) is 5.32. The Kier molecular flexibility index (Phi) is 6.77. The van der Waals surface area contributed by atoms with Gasteiger partial charge < -0.3 is 4.90 Å². The molecule has 0 bridgehead atoms. The quantitative estimate of drug-likeness (QED) is 0.576. The highest BCUT2D eigenvalue weighted by Gasteiger charge is 2.08. The van der Waals surface area contributed by atoms with E-state index in [9.17, 15) is 0 Å². The van der Waals surface area contributed by atoms with E-state index in [2.05, 4.69) is 39.5 Å². The third kappa shape index (κ3) is 5.78.